The van der Waals surface area contributed by atoms with Gasteiger partial charge in [-0.1, -0.05) is 59.3 Å². The van der Waals surface area contributed by atoms with Crippen LogP contribution in [0.5, 0.6) is 0 Å². The van der Waals surface area contributed by atoms with E-state index in [2.05, 4.69) is 26.8 Å². The summed E-state index contributed by atoms with van der Waals surface area (Å²) in [6, 6.07) is 0. The highest BCUT2D eigenvalue weighted by atomic mass is 16.8. The molecule has 4 aliphatic heterocycles. The number of hydrogen-bond donors (Lipinski definition) is 13. The van der Waals surface area contributed by atoms with Gasteiger partial charge in [0.2, 0.25) is 0 Å². The summed E-state index contributed by atoms with van der Waals surface area (Å²) in [4.78, 5) is 52.8. The zero-order chi connectivity index (χ0) is 62.4. The zero-order valence-electron chi connectivity index (χ0n) is 49.1. The zero-order valence-corrected chi connectivity index (χ0v) is 49.1. The summed E-state index contributed by atoms with van der Waals surface area (Å²) >= 11 is 0. The number of aliphatic carboxylic acids is 1. The lowest BCUT2D eigenvalue weighted by molar-refractivity contribution is -0.398. The van der Waals surface area contributed by atoms with Crippen LogP contribution in [0.4, 0.5) is 0 Å². The molecule has 85 heavy (non-hydrogen) atoms. The third kappa shape index (κ3) is 11.1. The van der Waals surface area contributed by atoms with Gasteiger partial charge in [-0.05, 0) is 85.9 Å². The number of aldehydes is 1. The van der Waals surface area contributed by atoms with Gasteiger partial charge >= 0.3 is 17.9 Å². The Kier molecular flexibility index (Phi) is 19.1. The number of carbonyl (C=O) groups excluding carboxylic acids is 3. The Morgan fingerprint density at radius 2 is 1.33 bits per heavy atom. The first-order chi connectivity index (χ1) is 39.8. The maximum absolute atomic E-state index is 14.2. The van der Waals surface area contributed by atoms with Crippen molar-refractivity contribution in [3.8, 4) is 0 Å². The summed E-state index contributed by atoms with van der Waals surface area (Å²) < 4.78 is 59.8. The van der Waals surface area contributed by atoms with Gasteiger partial charge in [-0.15, -0.1) is 0 Å². The predicted octanol–water partition coefficient (Wildman–Crippen LogP) is -2.40. The molecule has 9 aliphatic rings. The fourth-order valence-electron chi connectivity index (χ4n) is 16.9. The maximum Gasteiger partial charge on any atom is 0.335 e. The largest absolute Gasteiger partial charge is 0.479 e. The lowest BCUT2D eigenvalue weighted by Gasteiger charge is -2.72. The van der Waals surface area contributed by atoms with E-state index in [1.165, 1.54) is 19.1 Å². The van der Waals surface area contributed by atoms with E-state index in [1.54, 1.807) is 13.8 Å². The Labute approximate surface area is 491 Å². The lowest BCUT2D eigenvalue weighted by Crippen LogP contribution is -2.72. The van der Waals surface area contributed by atoms with E-state index in [0.29, 0.717) is 32.1 Å². The number of fused-ring (bicyclic) bond motifs is 7. The molecule has 8 fully saturated rings. The van der Waals surface area contributed by atoms with Crippen LogP contribution in [0, 0.1) is 50.2 Å². The van der Waals surface area contributed by atoms with Crippen molar-refractivity contribution in [2.45, 2.75) is 235 Å². The van der Waals surface area contributed by atoms with Crippen LogP contribution in [-0.2, 0) is 66.5 Å². The van der Waals surface area contributed by atoms with Crippen LogP contribution in [0.25, 0.3) is 0 Å². The number of ether oxygens (including phenoxy) is 10. The molecule has 30 unspecified atom stereocenters. The Bertz CT molecular complexity index is 2500. The molecule has 0 aromatic carbocycles. The molecule has 0 spiro atoms. The topological polar surface area (TPSA) is 424 Å². The van der Waals surface area contributed by atoms with E-state index in [9.17, 15) is 85.6 Å². The quantitative estimate of drug-likeness (QED) is 0.0267. The van der Waals surface area contributed by atoms with Gasteiger partial charge < -0.3 is 119 Å². The second-order valence-electron chi connectivity index (χ2n) is 26.9. The first-order valence-electron chi connectivity index (χ1n) is 29.4. The number of rotatable bonds is 15. The van der Waals surface area contributed by atoms with Gasteiger partial charge in [0, 0.05) is 18.4 Å². The number of hydrogen-bond acceptors (Lipinski definition) is 26. The van der Waals surface area contributed by atoms with Crippen LogP contribution >= 0.6 is 0 Å². The van der Waals surface area contributed by atoms with Crippen molar-refractivity contribution in [1.29, 1.82) is 0 Å². The summed E-state index contributed by atoms with van der Waals surface area (Å²) in [5, 5.41) is 144. The van der Waals surface area contributed by atoms with Crippen LogP contribution in [0.2, 0.25) is 0 Å². The minimum Gasteiger partial charge on any atom is -0.479 e. The minimum atomic E-state index is -2.28. The standard InChI is InChI=1S/C58H88O27/c1-9-10-34(65)81-47-46(73)58(23-78-24(2)61)26(17-53(47,3)4)25-11-12-31-54(5)15-14-33(55(6,22-60)30(54)13-16-56(31,7)57(25,8)18-32(58)64)80-52-45(85-50-40(71)38(69)37(68)29(19-59)79-50)42(41(72)43(83-52)48(74)75)82-51-44(36(67)28(63)21-77-51)84-49-39(70)35(66)27(62)20-76-49/h9-11,22,26-33,35-47,49-52,59,62-64,66-73H,12-21,23H2,1-8H3,(H,74,75). The van der Waals surface area contributed by atoms with Crippen molar-refractivity contribution in [3.05, 3.63) is 23.8 Å². The van der Waals surface area contributed by atoms with Crippen LogP contribution in [0.3, 0.4) is 0 Å². The van der Waals surface area contributed by atoms with Crippen molar-refractivity contribution in [2.75, 3.05) is 26.4 Å². The molecule has 5 aliphatic carbocycles. The van der Waals surface area contributed by atoms with Crippen molar-refractivity contribution >= 4 is 24.2 Å². The molecule has 13 N–H and O–H groups in total. The molecule has 0 bridgehead atoms. The lowest BCUT2D eigenvalue weighted by atomic mass is 9.33. The van der Waals surface area contributed by atoms with Gasteiger partial charge in [0.1, 0.15) is 104 Å². The van der Waals surface area contributed by atoms with E-state index in [0.717, 1.165) is 11.9 Å². The molecule has 27 nitrogen and oxygen atoms in total. The number of carboxylic acid groups (broad SMARTS) is 1. The molecular formula is C58H88O27. The monoisotopic (exact) mass is 1220 g/mol. The maximum atomic E-state index is 14.2. The first-order valence-corrected chi connectivity index (χ1v) is 29.4. The molecule has 0 aromatic rings. The van der Waals surface area contributed by atoms with E-state index < -0.39 is 217 Å². The van der Waals surface area contributed by atoms with Crippen LogP contribution in [0.15, 0.2) is 23.8 Å². The highest BCUT2D eigenvalue weighted by Crippen LogP contribution is 2.76. The number of carbonyl (C=O) groups is 4. The third-order valence-electron chi connectivity index (χ3n) is 21.8. The Morgan fingerprint density at radius 1 is 0.694 bits per heavy atom. The van der Waals surface area contributed by atoms with E-state index >= 15 is 0 Å². The van der Waals surface area contributed by atoms with E-state index in [1.807, 2.05) is 13.8 Å². The van der Waals surface area contributed by atoms with Gasteiger partial charge in [0.05, 0.1) is 42.9 Å². The SMILES string of the molecule is CC=CC(=O)OC1C(O)C2(COC(C)=O)C(O)CC3(C)C(=CCC4C5(C)CCC(OC6OC(C(=O)O)C(O)C(OC7OCC(O)C(O)C7OC7OCC(O)C(O)C7O)C6OC6OC(CO)C(O)C(O)C6O)C(C)(C=O)C5CCC43C)C2CC1(C)C. The normalized spacial score (nSPS) is 51.4. The predicted molar refractivity (Wildman–Crippen MR) is 284 cm³/mol. The number of aliphatic hydroxyl groups excluding tert-OH is 12. The Hall–Kier alpha value is -3.24. The van der Waals surface area contributed by atoms with Crippen molar-refractivity contribution < 1.29 is 133 Å². The van der Waals surface area contributed by atoms with Crippen LogP contribution in [0.1, 0.15) is 100 Å². The fraction of sp³-hybridized carbons (Fsp3) is 0.862. The van der Waals surface area contributed by atoms with Gasteiger partial charge in [0.15, 0.2) is 31.3 Å². The molecule has 0 amide bonds. The summed E-state index contributed by atoms with van der Waals surface area (Å²) in [5.41, 5.74) is -4.73. The van der Waals surface area contributed by atoms with Crippen molar-refractivity contribution in [3.63, 3.8) is 0 Å². The average Bonchev–Trinajstić information content (AvgIpc) is 0.676. The minimum absolute atomic E-state index is 0.112. The van der Waals surface area contributed by atoms with Crippen LogP contribution < -0.4 is 0 Å². The molecular weight excluding hydrogens is 1130 g/mol. The van der Waals surface area contributed by atoms with Gasteiger partial charge in [0.25, 0.3) is 0 Å². The summed E-state index contributed by atoms with van der Waals surface area (Å²) in [6.45, 7) is 12.4. The molecule has 30 atom stereocenters. The fourth-order valence-corrected chi connectivity index (χ4v) is 16.9. The van der Waals surface area contributed by atoms with Crippen molar-refractivity contribution in [1.82, 2.24) is 0 Å². The molecule has 4 heterocycles. The molecule has 27 heteroatoms. The van der Waals surface area contributed by atoms with Gasteiger partial charge in [-0.2, -0.15) is 0 Å². The summed E-state index contributed by atoms with van der Waals surface area (Å²) in [6.07, 6.45) is -31.5. The van der Waals surface area contributed by atoms with Crippen molar-refractivity contribution in [2.24, 2.45) is 50.2 Å². The van der Waals surface area contributed by atoms with E-state index in [4.69, 9.17) is 47.4 Å². The first kappa shape index (κ1) is 66.2. The summed E-state index contributed by atoms with van der Waals surface area (Å²) in [7, 11) is 0. The van der Waals surface area contributed by atoms with E-state index in [-0.39, 0.29) is 25.4 Å². The average molecular weight is 1220 g/mol. The number of aliphatic hydroxyl groups is 12. The Morgan fingerprint density at radius 3 is 1.96 bits per heavy atom. The molecule has 482 valence electrons. The third-order valence-corrected chi connectivity index (χ3v) is 21.8. The molecule has 9 rings (SSSR count). The number of esters is 2. The molecule has 4 saturated heterocycles. The molecule has 0 aromatic heterocycles. The van der Waals surface area contributed by atoms with Crippen LogP contribution in [-0.4, -0.2) is 252 Å². The van der Waals surface area contributed by atoms with Gasteiger partial charge in [-0.3, -0.25) is 4.79 Å². The highest BCUT2D eigenvalue weighted by molar-refractivity contribution is 5.82. The van der Waals surface area contributed by atoms with Gasteiger partial charge in [-0.25, -0.2) is 9.59 Å². The number of allylic oxidation sites excluding steroid dienone is 3. The summed E-state index contributed by atoms with van der Waals surface area (Å²) in [5.74, 6) is -4.22. The number of carboxylic acids is 1. The Balaban J connectivity index is 1.05. The second-order valence-corrected chi connectivity index (χ2v) is 26.9. The molecule has 4 saturated carbocycles. The molecule has 0 radical (unpaired) electrons. The highest BCUT2D eigenvalue weighted by Gasteiger charge is 2.74. The second kappa shape index (κ2) is 24.5. The smallest absolute Gasteiger partial charge is 0.335 e.